The highest BCUT2D eigenvalue weighted by Crippen LogP contribution is 2.24. The number of rotatable bonds is 4. The molecule has 0 aliphatic carbocycles. The monoisotopic (exact) mass is 444 g/mol. The van der Waals surface area contributed by atoms with Gasteiger partial charge in [0, 0.05) is 13.1 Å². The van der Waals surface area contributed by atoms with Crippen molar-refractivity contribution in [2.75, 3.05) is 13.1 Å². The van der Waals surface area contributed by atoms with Crippen molar-refractivity contribution in [2.45, 2.75) is 31.0 Å². The number of amides is 2. The third-order valence-electron chi connectivity index (χ3n) is 5.04. The molecular weight excluding hydrogens is 424 g/mol. The first-order chi connectivity index (χ1) is 14.7. The molecule has 9 nitrogen and oxygen atoms in total. The van der Waals surface area contributed by atoms with Gasteiger partial charge in [-0.2, -0.15) is 4.31 Å². The molecule has 162 valence electrons. The molecule has 10 heteroatoms. The number of nitrogens with zero attached hydrogens (tertiary/aromatic N) is 2. The summed E-state index contributed by atoms with van der Waals surface area (Å²) in [5, 5.41) is 0.411. The van der Waals surface area contributed by atoms with Crippen LogP contribution in [-0.4, -0.2) is 60.9 Å². The molecule has 2 heterocycles. The van der Waals surface area contributed by atoms with E-state index >= 15 is 0 Å². The number of hydrogen-bond donors (Lipinski definition) is 0. The van der Waals surface area contributed by atoms with Gasteiger partial charge in [0.05, 0.1) is 33.8 Å². The summed E-state index contributed by atoms with van der Waals surface area (Å²) < 4.78 is 32.7. The molecule has 1 saturated heterocycles. The lowest BCUT2D eigenvalue weighted by molar-refractivity contribution is -0.0584. The van der Waals surface area contributed by atoms with Crippen molar-refractivity contribution < 1.29 is 32.4 Å². The van der Waals surface area contributed by atoms with Crippen LogP contribution in [0.2, 0.25) is 0 Å². The third kappa shape index (κ3) is 3.85. The maximum absolute atomic E-state index is 12.9. The number of carbonyl (C=O) groups excluding carboxylic acids is 3. The van der Waals surface area contributed by atoms with Crippen LogP contribution in [0.1, 0.15) is 44.9 Å². The highest BCUT2D eigenvalue weighted by molar-refractivity contribution is 7.89. The Labute approximate surface area is 179 Å². The number of imide groups is 1. The molecule has 0 radical (unpaired) electrons. The molecular formula is C21H20N2O7S. The Hall–Kier alpha value is -3.08. The molecule has 2 atom stereocenters. The fourth-order valence-electron chi connectivity index (χ4n) is 3.62. The number of morpholine rings is 1. The van der Waals surface area contributed by atoms with E-state index in [2.05, 4.69) is 0 Å². The van der Waals surface area contributed by atoms with Crippen LogP contribution in [0.25, 0.3) is 0 Å². The van der Waals surface area contributed by atoms with E-state index in [1.54, 1.807) is 26.0 Å². The van der Waals surface area contributed by atoms with Crippen LogP contribution in [0.15, 0.2) is 53.4 Å². The summed E-state index contributed by atoms with van der Waals surface area (Å²) in [4.78, 5) is 42.1. The van der Waals surface area contributed by atoms with Crippen LogP contribution in [0.5, 0.6) is 0 Å². The third-order valence-corrected chi connectivity index (χ3v) is 6.89. The Kier molecular flexibility index (Phi) is 5.38. The second kappa shape index (κ2) is 7.88. The van der Waals surface area contributed by atoms with Crippen LogP contribution in [0.4, 0.5) is 0 Å². The van der Waals surface area contributed by atoms with Crippen molar-refractivity contribution in [1.82, 2.24) is 9.37 Å². The summed E-state index contributed by atoms with van der Waals surface area (Å²) in [6.07, 6.45) is -0.458. The van der Waals surface area contributed by atoms with Crippen LogP contribution in [0, 0.1) is 0 Å². The number of carbonyl (C=O) groups is 3. The number of sulfonamides is 1. The molecule has 2 aliphatic rings. The van der Waals surface area contributed by atoms with Gasteiger partial charge in [-0.3, -0.25) is 9.59 Å². The summed E-state index contributed by atoms with van der Waals surface area (Å²) in [7, 11) is -3.76. The molecule has 2 aromatic carbocycles. The van der Waals surface area contributed by atoms with E-state index in [9.17, 15) is 22.8 Å². The van der Waals surface area contributed by atoms with Crippen LogP contribution in [-0.2, 0) is 19.6 Å². The fourth-order valence-corrected chi connectivity index (χ4v) is 5.22. The van der Waals surface area contributed by atoms with Gasteiger partial charge in [-0.1, -0.05) is 17.2 Å². The molecule has 0 aromatic heterocycles. The van der Waals surface area contributed by atoms with Crippen LogP contribution in [0.3, 0.4) is 0 Å². The highest BCUT2D eigenvalue weighted by Gasteiger charge is 2.39. The number of benzene rings is 2. The molecule has 1 fully saturated rings. The molecule has 0 spiro atoms. The van der Waals surface area contributed by atoms with Gasteiger partial charge < -0.3 is 9.57 Å². The fraction of sp³-hybridized carbons (Fsp3) is 0.286. The molecule has 4 rings (SSSR count). The van der Waals surface area contributed by atoms with E-state index in [-0.39, 0.29) is 46.9 Å². The first-order valence-electron chi connectivity index (χ1n) is 9.64. The molecule has 2 unspecified atom stereocenters. The quantitative estimate of drug-likeness (QED) is 0.662. The highest BCUT2D eigenvalue weighted by atomic mass is 32.2. The molecule has 31 heavy (non-hydrogen) atoms. The minimum atomic E-state index is -3.76. The van der Waals surface area contributed by atoms with Gasteiger partial charge in [-0.25, -0.2) is 13.2 Å². The Morgan fingerprint density at radius 1 is 0.935 bits per heavy atom. The zero-order chi connectivity index (χ0) is 22.3. The zero-order valence-electron chi connectivity index (χ0n) is 16.8. The average Bonchev–Trinajstić information content (AvgIpc) is 2.98. The van der Waals surface area contributed by atoms with Gasteiger partial charge in [0.1, 0.15) is 0 Å². The van der Waals surface area contributed by atoms with Crippen molar-refractivity contribution in [1.29, 1.82) is 0 Å². The standard InChI is InChI=1S/C21H20N2O7S/c1-13-11-22(12-14(2)29-13)31(27,28)16-9-7-15(8-10-16)21(26)30-23-19(24)17-5-3-4-6-18(17)20(23)25/h3-10,13-14H,11-12H2,1-2H3. The summed E-state index contributed by atoms with van der Waals surface area (Å²) in [5.74, 6) is -2.42. The van der Waals surface area contributed by atoms with Gasteiger partial charge in [0.15, 0.2) is 0 Å². The first-order valence-corrected chi connectivity index (χ1v) is 11.1. The lowest BCUT2D eigenvalue weighted by Gasteiger charge is -2.34. The Morgan fingerprint density at radius 3 is 1.97 bits per heavy atom. The van der Waals surface area contributed by atoms with Crippen LogP contribution >= 0.6 is 0 Å². The van der Waals surface area contributed by atoms with Crippen molar-refractivity contribution in [3.63, 3.8) is 0 Å². The van der Waals surface area contributed by atoms with E-state index in [1.807, 2.05) is 0 Å². The minimum absolute atomic E-state index is 0.000722. The number of ether oxygens (including phenoxy) is 1. The molecule has 0 bridgehead atoms. The van der Waals surface area contributed by atoms with Gasteiger partial charge in [0.25, 0.3) is 11.8 Å². The second-order valence-electron chi connectivity index (χ2n) is 7.43. The topological polar surface area (TPSA) is 110 Å². The average molecular weight is 444 g/mol. The van der Waals surface area contributed by atoms with E-state index in [4.69, 9.17) is 9.57 Å². The summed E-state index contributed by atoms with van der Waals surface area (Å²) in [5.41, 5.74) is 0.297. The first kappa shape index (κ1) is 21.2. The van der Waals surface area contributed by atoms with E-state index < -0.39 is 27.8 Å². The molecule has 2 amide bonds. The van der Waals surface area contributed by atoms with Gasteiger partial charge in [0.2, 0.25) is 10.0 Å². The van der Waals surface area contributed by atoms with E-state index in [0.29, 0.717) is 5.06 Å². The van der Waals surface area contributed by atoms with Crippen molar-refractivity contribution in [2.24, 2.45) is 0 Å². The smallest absolute Gasteiger partial charge is 0.363 e. The predicted molar refractivity (Wildman–Crippen MR) is 108 cm³/mol. The lowest BCUT2D eigenvalue weighted by atomic mass is 10.1. The molecule has 0 N–H and O–H groups in total. The van der Waals surface area contributed by atoms with Crippen LogP contribution < -0.4 is 0 Å². The number of hydrogen-bond acceptors (Lipinski definition) is 7. The number of fused-ring (bicyclic) bond motifs is 1. The van der Waals surface area contributed by atoms with E-state index in [0.717, 1.165) is 0 Å². The largest absolute Gasteiger partial charge is 0.373 e. The SMILES string of the molecule is CC1CN(S(=O)(=O)c2ccc(C(=O)ON3C(=O)c4ccccc4C3=O)cc2)CC(C)O1. The minimum Gasteiger partial charge on any atom is -0.373 e. The van der Waals surface area contributed by atoms with Crippen molar-refractivity contribution in [3.8, 4) is 0 Å². The second-order valence-corrected chi connectivity index (χ2v) is 9.37. The summed E-state index contributed by atoms with van der Waals surface area (Å²) in [6.45, 7) is 4.07. The van der Waals surface area contributed by atoms with Gasteiger partial charge in [-0.15, -0.1) is 0 Å². The van der Waals surface area contributed by atoms with Gasteiger partial charge >= 0.3 is 5.97 Å². The van der Waals surface area contributed by atoms with E-state index in [1.165, 1.54) is 40.7 Å². The lowest BCUT2D eigenvalue weighted by Crippen LogP contribution is -2.48. The van der Waals surface area contributed by atoms with Crippen molar-refractivity contribution >= 4 is 27.8 Å². The Bertz CT molecular complexity index is 1120. The zero-order valence-corrected chi connectivity index (χ0v) is 17.7. The summed E-state index contributed by atoms with van der Waals surface area (Å²) >= 11 is 0. The molecule has 2 aliphatic heterocycles. The maximum Gasteiger partial charge on any atom is 0.363 e. The predicted octanol–water partition coefficient (Wildman–Crippen LogP) is 1.85. The summed E-state index contributed by atoms with van der Waals surface area (Å²) in [6, 6.07) is 11.3. The molecule has 0 saturated carbocycles. The maximum atomic E-state index is 12.9. The normalized spacial score (nSPS) is 21.8. The van der Waals surface area contributed by atoms with Gasteiger partial charge in [-0.05, 0) is 50.2 Å². The Morgan fingerprint density at radius 2 is 1.45 bits per heavy atom. The molecule has 2 aromatic rings. The van der Waals surface area contributed by atoms with Crippen molar-refractivity contribution in [3.05, 3.63) is 65.2 Å². The number of hydroxylamine groups is 2. The Balaban J connectivity index is 1.49.